The molecule has 0 atom stereocenters. The van der Waals surface area contributed by atoms with Gasteiger partial charge in [-0.1, -0.05) is 0 Å². The molecule has 1 N–H and O–H groups in total. The first-order valence-corrected chi connectivity index (χ1v) is 3.95. The van der Waals surface area contributed by atoms with E-state index in [1.54, 1.807) is 0 Å². The summed E-state index contributed by atoms with van der Waals surface area (Å²) in [5.41, 5.74) is 2.06. The molecular weight excluding hydrogens is 140 g/mol. The van der Waals surface area contributed by atoms with Crippen molar-refractivity contribution in [3.63, 3.8) is 0 Å². The van der Waals surface area contributed by atoms with Crippen LogP contribution in [0.25, 0.3) is 0 Å². The van der Waals surface area contributed by atoms with E-state index in [1.165, 1.54) is 18.5 Å². The molecule has 1 saturated carbocycles. The van der Waals surface area contributed by atoms with Gasteiger partial charge in [0.05, 0.1) is 12.3 Å². The van der Waals surface area contributed by atoms with Crippen LogP contribution in [0.5, 0.6) is 0 Å². The quantitative estimate of drug-likeness (QED) is 0.680. The van der Waals surface area contributed by atoms with Gasteiger partial charge in [-0.25, -0.2) is 0 Å². The molecule has 60 valence electrons. The second-order valence-corrected chi connectivity index (χ2v) is 3.12. The fourth-order valence-corrected chi connectivity index (χ4v) is 1.38. The third-order valence-electron chi connectivity index (χ3n) is 2.12. The van der Waals surface area contributed by atoms with Crippen molar-refractivity contribution in [1.82, 2.24) is 9.78 Å². The molecule has 0 aliphatic heterocycles. The Balaban J connectivity index is 2.30. The van der Waals surface area contributed by atoms with Gasteiger partial charge in [-0.05, 0) is 18.9 Å². The molecule has 1 aliphatic carbocycles. The van der Waals surface area contributed by atoms with E-state index in [0.717, 1.165) is 5.69 Å². The Morgan fingerprint density at radius 2 is 2.45 bits per heavy atom. The minimum Gasteiger partial charge on any atom is -0.390 e. The maximum atomic E-state index is 8.80. The second kappa shape index (κ2) is 2.34. The molecule has 0 spiro atoms. The minimum absolute atomic E-state index is 0.0561. The van der Waals surface area contributed by atoms with Gasteiger partial charge < -0.3 is 5.11 Å². The van der Waals surface area contributed by atoms with E-state index in [1.807, 2.05) is 17.8 Å². The fourth-order valence-electron chi connectivity index (χ4n) is 1.38. The first-order valence-electron chi connectivity index (χ1n) is 3.95. The second-order valence-electron chi connectivity index (χ2n) is 3.12. The summed E-state index contributed by atoms with van der Waals surface area (Å²) in [6.45, 7) is 0.0561. The van der Waals surface area contributed by atoms with Crippen LogP contribution >= 0.6 is 0 Å². The lowest BCUT2D eigenvalue weighted by atomic mass is 10.3. The smallest absolute Gasteiger partial charge is 0.0881 e. The van der Waals surface area contributed by atoms with Crippen LogP contribution in [0.15, 0.2) is 6.07 Å². The van der Waals surface area contributed by atoms with Gasteiger partial charge >= 0.3 is 0 Å². The number of aromatic nitrogens is 2. The first kappa shape index (κ1) is 6.85. The summed E-state index contributed by atoms with van der Waals surface area (Å²) in [4.78, 5) is 0. The van der Waals surface area contributed by atoms with Gasteiger partial charge in [0.2, 0.25) is 0 Å². The molecule has 2 rings (SSSR count). The van der Waals surface area contributed by atoms with Crippen molar-refractivity contribution in [2.75, 3.05) is 0 Å². The normalized spacial score (nSPS) is 17.3. The van der Waals surface area contributed by atoms with E-state index in [-0.39, 0.29) is 6.61 Å². The molecule has 3 heteroatoms. The van der Waals surface area contributed by atoms with Crippen LogP contribution in [0.3, 0.4) is 0 Å². The summed E-state index contributed by atoms with van der Waals surface area (Å²) in [6, 6.07) is 2.00. The third-order valence-corrected chi connectivity index (χ3v) is 2.12. The van der Waals surface area contributed by atoms with Crippen LogP contribution in [-0.4, -0.2) is 14.9 Å². The molecule has 0 saturated heterocycles. The van der Waals surface area contributed by atoms with Crippen molar-refractivity contribution < 1.29 is 5.11 Å². The Morgan fingerprint density at radius 3 is 2.91 bits per heavy atom. The Hall–Kier alpha value is -0.830. The zero-order valence-electron chi connectivity index (χ0n) is 6.62. The first-order chi connectivity index (χ1) is 5.31. The molecule has 0 radical (unpaired) electrons. The van der Waals surface area contributed by atoms with Crippen LogP contribution < -0.4 is 0 Å². The molecule has 1 aromatic heterocycles. The highest BCUT2D eigenvalue weighted by Gasteiger charge is 2.26. The highest BCUT2D eigenvalue weighted by atomic mass is 16.3. The number of aliphatic hydroxyl groups excluding tert-OH is 1. The van der Waals surface area contributed by atoms with Crippen molar-refractivity contribution in [2.24, 2.45) is 7.05 Å². The number of aliphatic hydroxyl groups is 1. The lowest BCUT2D eigenvalue weighted by Crippen LogP contribution is -1.96. The zero-order chi connectivity index (χ0) is 7.84. The standard InChI is InChI=1S/C8H12N2O/c1-10-8(6-2-3-6)4-7(5-11)9-10/h4,6,11H,2-3,5H2,1H3. The van der Waals surface area contributed by atoms with Gasteiger partial charge in [0.1, 0.15) is 0 Å². The van der Waals surface area contributed by atoms with Crippen molar-refractivity contribution in [3.8, 4) is 0 Å². The van der Waals surface area contributed by atoms with E-state index in [0.29, 0.717) is 5.92 Å². The lowest BCUT2D eigenvalue weighted by Gasteiger charge is -1.94. The van der Waals surface area contributed by atoms with E-state index in [2.05, 4.69) is 5.10 Å². The van der Waals surface area contributed by atoms with Crippen molar-refractivity contribution in [1.29, 1.82) is 0 Å². The van der Waals surface area contributed by atoms with Gasteiger partial charge in [0.25, 0.3) is 0 Å². The lowest BCUT2D eigenvalue weighted by molar-refractivity contribution is 0.275. The predicted molar refractivity (Wildman–Crippen MR) is 41.1 cm³/mol. The number of nitrogens with zero attached hydrogens (tertiary/aromatic N) is 2. The summed E-state index contributed by atoms with van der Waals surface area (Å²) in [6.07, 6.45) is 2.56. The summed E-state index contributed by atoms with van der Waals surface area (Å²) in [5.74, 6) is 0.716. The zero-order valence-corrected chi connectivity index (χ0v) is 6.62. The SMILES string of the molecule is Cn1nc(CO)cc1C1CC1. The average Bonchev–Trinajstić information content (AvgIpc) is 2.76. The maximum absolute atomic E-state index is 8.80. The molecule has 3 nitrogen and oxygen atoms in total. The summed E-state index contributed by atoms with van der Waals surface area (Å²) < 4.78 is 1.88. The van der Waals surface area contributed by atoms with Gasteiger partial charge in [-0.15, -0.1) is 0 Å². The largest absolute Gasteiger partial charge is 0.390 e. The van der Waals surface area contributed by atoms with Crippen LogP contribution in [-0.2, 0) is 13.7 Å². The van der Waals surface area contributed by atoms with Gasteiger partial charge in [-0.3, -0.25) is 4.68 Å². The average molecular weight is 152 g/mol. The number of rotatable bonds is 2. The highest BCUT2D eigenvalue weighted by Crippen LogP contribution is 2.39. The molecule has 1 aliphatic rings. The van der Waals surface area contributed by atoms with Gasteiger partial charge in [0, 0.05) is 18.7 Å². The number of aryl methyl sites for hydroxylation is 1. The van der Waals surface area contributed by atoms with E-state index >= 15 is 0 Å². The highest BCUT2D eigenvalue weighted by molar-refractivity contribution is 5.18. The van der Waals surface area contributed by atoms with Crippen LogP contribution in [0.1, 0.15) is 30.1 Å². The Bertz CT molecular complexity index is 263. The Morgan fingerprint density at radius 1 is 1.73 bits per heavy atom. The minimum atomic E-state index is 0.0561. The van der Waals surface area contributed by atoms with Crippen molar-refractivity contribution in [2.45, 2.75) is 25.4 Å². The molecular formula is C8H12N2O. The van der Waals surface area contributed by atoms with Crippen LogP contribution in [0.2, 0.25) is 0 Å². The van der Waals surface area contributed by atoms with Gasteiger partial charge in [0.15, 0.2) is 0 Å². The fraction of sp³-hybridized carbons (Fsp3) is 0.625. The predicted octanol–water partition coefficient (Wildman–Crippen LogP) is 0.790. The topological polar surface area (TPSA) is 38.0 Å². The monoisotopic (exact) mass is 152 g/mol. The summed E-state index contributed by atoms with van der Waals surface area (Å²) >= 11 is 0. The molecule has 1 aromatic rings. The van der Waals surface area contributed by atoms with Gasteiger partial charge in [-0.2, -0.15) is 5.10 Å². The number of hydrogen-bond donors (Lipinski definition) is 1. The third kappa shape index (κ3) is 1.16. The Kier molecular flexibility index (Phi) is 1.46. The summed E-state index contributed by atoms with van der Waals surface area (Å²) in [7, 11) is 1.94. The molecule has 0 bridgehead atoms. The molecule has 1 heterocycles. The van der Waals surface area contributed by atoms with Crippen molar-refractivity contribution in [3.05, 3.63) is 17.5 Å². The molecule has 0 aromatic carbocycles. The molecule has 11 heavy (non-hydrogen) atoms. The molecule has 0 amide bonds. The molecule has 1 fully saturated rings. The van der Waals surface area contributed by atoms with Crippen LogP contribution in [0.4, 0.5) is 0 Å². The Labute approximate surface area is 65.7 Å². The summed E-state index contributed by atoms with van der Waals surface area (Å²) in [5, 5.41) is 13.0. The van der Waals surface area contributed by atoms with E-state index < -0.39 is 0 Å². The number of hydrogen-bond acceptors (Lipinski definition) is 2. The van der Waals surface area contributed by atoms with E-state index in [4.69, 9.17) is 5.11 Å². The van der Waals surface area contributed by atoms with E-state index in [9.17, 15) is 0 Å². The van der Waals surface area contributed by atoms with Crippen molar-refractivity contribution >= 4 is 0 Å². The maximum Gasteiger partial charge on any atom is 0.0881 e. The van der Waals surface area contributed by atoms with Crippen LogP contribution in [0, 0.1) is 0 Å². The molecule has 0 unspecified atom stereocenters.